The van der Waals surface area contributed by atoms with Gasteiger partial charge in [0.05, 0.1) is 6.10 Å². The first-order chi connectivity index (χ1) is 9.82. The zero-order valence-corrected chi connectivity index (χ0v) is 13.1. The zero-order chi connectivity index (χ0) is 15.5. The summed E-state index contributed by atoms with van der Waals surface area (Å²) in [4.78, 5) is 0. The Morgan fingerprint density at radius 1 is 0.952 bits per heavy atom. The van der Waals surface area contributed by atoms with Crippen LogP contribution in [0.3, 0.4) is 0 Å². The Labute approximate surface area is 125 Å². The molecule has 0 radical (unpaired) electrons. The maximum atomic E-state index is 12.2. The predicted molar refractivity (Wildman–Crippen MR) is 77.2 cm³/mol. The average molecular weight is 307 g/mol. The molecule has 0 bridgehead atoms. The molecular formula is C16H28F3NO. The van der Waals surface area contributed by atoms with Gasteiger partial charge in [0.25, 0.3) is 0 Å². The number of nitrogens with one attached hydrogen (secondary N) is 1. The monoisotopic (exact) mass is 307 g/mol. The maximum absolute atomic E-state index is 12.2. The van der Waals surface area contributed by atoms with E-state index < -0.39 is 12.8 Å². The van der Waals surface area contributed by atoms with E-state index in [-0.39, 0.29) is 6.10 Å². The number of alkyl halides is 3. The van der Waals surface area contributed by atoms with E-state index in [2.05, 4.69) is 19.2 Å². The van der Waals surface area contributed by atoms with Gasteiger partial charge in [0.15, 0.2) is 0 Å². The fraction of sp³-hybridized carbons (Fsp3) is 1.00. The third-order valence-electron chi connectivity index (χ3n) is 4.76. The molecule has 2 nitrogen and oxygen atoms in total. The van der Waals surface area contributed by atoms with Crippen LogP contribution in [0.5, 0.6) is 0 Å². The molecule has 0 aromatic carbocycles. The first-order valence-electron chi connectivity index (χ1n) is 8.26. The molecule has 2 aliphatic carbocycles. The number of rotatable bonds is 4. The lowest BCUT2D eigenvalue weighted by Crippen LogP contribution is -2.45. The standard InChI is InChI=1S/C16H28F3NO/c1-11-6-12(2)8-14(7-11)20-13-4-3-5-15(9-13)21-10-16(17,18)19/h11-15,20H,3-10H2,1-2H3. The molecule has 4 atom stereocenters. The minimum Gasteiger partial charge on any atom is -0.369 e. The molecule has 124 valence electrons. The van der Waals surface area contributed by atoms with Crippen molar-refractivity contribution in [3.05, 3.63) is 0 Å². The van der Waals surface area contributed by atoms with Crippen molar-refractivity contribution in [1.29, 1.82) is 0 Å². The number of hydrogen-bond donors (Lipinski definition) is 1. The van der Waals surface area contributed by atoms with E-state index >= 15 is 0 Å². The number of halogens is 3. The summed E-state index contributed by atoms with van der Waals surface area (Å²) in [7, 11) is 0. The van der Waals surface area contributed by atoms with Gasteiger partial charge in [-0.3, -0.25) is 0 Å². The lowest BCUT2D eigenvalue weighted by atomic mass is 9.79. The van der Waals surface area contributed by atoms with Gasteiger partial charge in [-0.25, -0.2) is 0 Å². The first kappa shape index (κ1) is 17.1. The highest BCUT2D eigenvalue weighted by Crippen LogP contribution is 2.30. The molecule has 0 spiro atoms. The van der Waals surface area contributed by atoms with Crippen molar-refractivity contribution in [1.82, 2.24) is 5.32 Å². The average Bonchev–Trinajstić information content (AvgIpc) is 2.35. The molecule has 0 heterocycles. The molecule has 1 N–H and O–H groups in total. The van der Waals surface area contributed by atoms with Crippen LogP contribution in [0, 0.1) is 11.8 Å². The minimum absolute atomic E-state index is 0.240. The second-order valence-corrected chi connectivity index (χ2v) is 7.19. The molecule has 0 amide bonds. The molecule has 2 rings (SSSR count). The van der Waals surface area contributed by atoms with Gasteiger partial charge in [0, 0.05) is 12.1 Å². The molecule has 0 aromatic rings. The van der Waals surface area contributed by atoms with Gasteiger partial charge in [-0.15, -0.1) is 0 Å². The summed E-state index contributed by atoms with van der Waals surface area (Å²) in [6.45, 7) is 3.47. The second-order valence-electron chi connectivity index (χ2n) is 7.19. The predicted octanol–water partition coefficient (Wildman–Crippen LogP) is 4.29. The Bertz CT molecular complexity index is 311. The zero-order valence-electron chi connectivity index (χ0n) is 13.1. The summed E-state index contributed by atoms with van der Waals surface area (Å²) in [5.74, 6) is 1.49. The first-order valence-corrected chi connectivity index (χ1v) is 8.26. The van der Waals surface area contributed by atoms with Crippen LogP contribution in [0.25, 0.3) is 0 Å². The van der Waals surface area contributed by atoms with E-state index in [1.165, 1.54) is 19.3 Å². The topological polar surface area (TPSA) is 21.3 Å². The molecule has 2 saturated carbocycles. The van der Waals surface area contributed by atoms with E-state index in [0.717, 1.165) is 37.5 Å². The van der Waals surface area contributed by atoms with Gasteiger partial charge in [0.1, 0.15) is 6.61 Å². The van der Waals surface area contributed by atoms with Crippen molar-refractivity contribution in [2.45, 2.75) is 83.2 Å². The number of hydrogen-bond acceptors (Lipinski definition) is 2. The third kappa shape index (κ3) is 6.15. The quantitative estimate of drug-likeness (QED) is 0.836. The third-order valence-corrected chi connectivity index (χ3v) is 4.76. The van der Waals surface area contributed by atoms with Gasteiger partial charge >= 0.3 is 6.18 Å². The van der Waals surface area contributed by atoms with Crippen molar-refractivity contribution < 1.29 is 17.9 Å². The Morgan fingerprint density at radius 3 is 2.24 bits per heavy atom. The van der Waals surface area contributed by atoms with Crippen molar-refractivity contribution in [3.63, 3.8) is 0 Å². The SMILES string of the molecule is CC1CC(C)CC(NC2CCCC(OCC(F)(F)F)C2)C1. The Hall–Kier alpha value is -0.290. The van der Waals surface area contributed by atoms with Crippen LogP contribution < -0.4 is 5.32 Å². The normalized spacial score (nSPS) is 38.4. The molecular weight excluding hydrogens is 279 g/mol. The fourth-order valence-corrected chi connectivity index (χ4v) is 4.08. The van der Waals surface area contributed by atoms with Gasteiger partial charge in [-0.05, 0) is 56.8 Å². The number of ether oxygens (including phenoxy) is 1. The summed E-state index contributed by atoms with van der Waals surface area (Å²) in [5.41, 5.74) is 0. The van der Waals surface area contributed by atoms with Crippen molar-refractivity contribution in [2.75, 3.05) is 6.61 Å². The fourth-order valence-electron chi connectivity index (χ4n) is 4.08. The van der Waals surface area contributed by atoms with E-state index in [0.29, 0.717) is 12.1 Å². The van der Waals surface area contributed by atoms with E-state index in [1.807, 2.05) is 0 Å². The lowest BCUT2D eigenvalue weighted by molar-refractivity contribution is -0.188. The maximum Gasteiger partial charge on any atom is 0.411 e. The lowest BCUT2D eigenvalue weighted by Gasteiger charge is -2.37. The largest absolute Gasteiger partial charge is 0.411 e. The molecule has 5 heteroatoms. The summed E-state index contributed by atoms with van der Waals surface area (Å²) in [5, 5.41) is 3.68. The molecule has 21 heavy (non-hydrogen) atoms. The van der Waals surface area contributed by atoms with Crippen LogP contribution in [0.2, 0.25) is 0 Å². The van der Waals surface area contributed by atoms with Crippen LogP contribution in [0.1, 0.15) is 58.8 Å². The summed E-state index contributed by atoms with van der Waals surface area (Å²) in [6, 6.07) is 0.842. The second kappa shape index (κ2) is 7.32. The molecule has 0 saturated heterocycles. The molecule has 4 unspecified atom stereocenters. The van der Waals surface area contributed by atoms with Crippen molar-refractivity contribution >= 4 is 0 Å². The highest BCUT2D eigenvalue weighted by atomic mass is 19.4. The van der Waals surface area contributed by atoms with Gasteiger partial charge in [-0.2, -0.15) is 13.2 Å². The van der Waals surface area contributed by atoms with Gasteiger partial charge < -0.3 is 10.1 Å². The minimum atomic E-state index is -4.21. The van der Waals surface area contributed by atoms with Gasteiger partial charge in [-0.1, -0.05) is 13.8 Å². The Balaban J connectivity index is 1.76. The Kier molecular flexibility index (Phi) is 5.95. The van der Waals surface area contributed by atoms with E-state index in [1.54, 1.807) is 0 Å². The molecule has 0 aromatic heterocycles. The van der Waals surface area contributed by atoms with Crippen LogP contribution in [-0.4, -0.2) is 31.0 Å². The van der Waals surface area contributed by atoms with E-state index in [9.17, 15) is 13.2 Å². The van der Waals surface area contributed by atoms with E-state index in [4.69, 9.17) is 4.74 Å². The summed E-state index contributed by atoms with van der Waals surface area (Å²) in [6.07, 6.45) is 2.71. The molecule has 2 aliphatic rings. The highest BCUT2D eigenvalue weighted by molar-refractivity contribution is 4.86. The Morgan fingerprint density at radius 2 is 1.62 bits per heavy atom. The smallest absolute Gasteiger partial charge is 0.369 e. The van der Waals surface area contributed by atoms with Crippen LogP contribution in [0.15, 0.2) is 0 Å². The van der Waals surface area contributed by atoms with Crippen LogP contribution in [0.4, 0.5) is 13.2 Å². The van der Waals surface area contributed by atoms with Crippen LogP contribution in [-0.2, 0) is 4.74 Å². The summed E-state index contributed by atoms with van der Waals surface area (Å²) < 4.78 is 41.7. The van der Waals surface area contributed by atoms with Crippen LogP contribution >= 0.6 is 0 Å². The summed E-state index contributed by atoms with van der Waals surface area (Å²) >= 11 is 0. The van der Waals surface area contributed by atoms with Gasteiger partial charge in [0.2, 0.25) is 0 Å². The van der Waals surface area contributed by atoms with Crippen molar-refractivity contribution in [2.24, 2.45) is 11.8 Å². The highest BCUT2D eigenvalue weighted by Gasteiger charge is 2.32. The molecule has 0 aliphatic heterocycles. The van der Waals surface area contributed by atoms with Crippen molar-refractivity contribution in [3.8, 4) is 0 Å². The molecule has 2 fully saturated rings.